The Hall–Kier alpha value is -2.08. The van der Waals surface area contributed by atoms with Crippen LogP contribution in [0.5, 0.6) is 0 Å². The first-order valence-electron chi connectivity index (χ1n) is 5.75. The van der Waals surface area contributed by atoms with Gasteiger partial charge in [0, 0.05) is 0 Å². The van der Waals surface area contributed by atoms with Crippen molar-refractivity contribution in [1.29, 1.82) is 0 Å². The van der Waals surface area contributed by atoms with E-state index in [-0.39, 0.29) is 0 Å². The minimum Gasteiger partial charge on any atom is -0.0622 e. The summed E-state index contributed by atoms with van der Waals surface area (Å²) in [6, 6.07) is 23.1. The normalized spacial score (nSPS) is 10.6. The molecule has 0 aliphatic carbocycles. The molecule has 0 fully saturated rings. The van der Waals surface area contributed by atoms with Gasteiger partial charge in [-0.1, -0.05) is 66.7 Å². The maximum absolute atomic E-state index is 4.15. The van der Waals surface area contributed by atoms with Crippen molar-refractivity contribution in [2.45, 2.75) is 0 Å². The molecule has 1 radical (unpaired) electrons. The molecular formula is C17H13. The van der Waals surface area contributed by atoms with Gasteiger partial charge in [0.05, 0.1) is 0 Å². The summed E-state index contributed by atoms with van der Waals surface area (Å²) < 4.78 is 0. The second-order valence-electron chi connectivity index (χ2n) is 4.19. The van der Waals surface area contributed by atoms with Crippen LogP contribution in [0.3, 0.4) is 0 Å². The fraction of sp³-hybridized carbons (Fsp3) is 0. The maximum atomic E-state index is 4.15. The molecule has 0 aliphatic rings. The molecule has 0 spiro atoms. The van der Waals surface area contributed by atoms with Gasteiger partial charge in [-0.15, -0.1) is 0 Å². The van der Waals surface area contributed by atoms with Gasteiger partial charge in [0.15, 0.2) is 0 Å². The van der Waals surface area contributed by atoms with E-state index in [4.69, 9.17) is 0 Å². The molecule has 3 aromatic rings. The molecule has 81 valence electrons. The molecule has 17 heavy (non-hydrogen) atoms. The second-order valence-corrected chi connectivity index (χ2v) is 4.19. The quantitative estimate of drug-likeness (QED) is 0.554. The Labute approximate surface area is 102 Å². The lowest BCUT2D eigenvalue weighted by Gasteiger charge is -2.10. The molecule has 0 nitrogen and oxygen atoms in total. The van der Waals surface area contributed by atoms with Crippen LogP contribution >= 0.6 is 0 Å². The summed E-state index contributed by atoms with van der Waals surface area (Å²) in [6.07, 6.45) is 0. The summed E-state index contributed by atoms with van der Waals surface area (Å²) in [7, 11) is 0. The van der Waals surface area contributed by atoms with Crippen LogP contribution in [-0.4, -0.2) is 0 Å². The minimum atomic E-state index is 1.08. The van der Waals surface area contributed by atoms with Gasteiger partial charge < -0.3 is 0 Å². The standard InChI is InChI=1S/C17H13/c1-13-11-12-14-7-5-6-10-16(14)17(13)15-8-3-2-4-9-15/h2-12H,1H2. The third-order valence-corrected chi connectivity index (χ3v) is 3.08. The zero-order valence-corrected chi connectivity index (χ0v) is 9.56. The third kappa shape index (κ3) is 1.72. The van der Waals surface area contributed by atoms with Gasteiger partial charge in [-0.2, -0.15) is 0 Å². The summed E-state index contributed by atoms with van der Waals surface area (Å²) in [5.41, 5.74) is 3.55. The van der Waals surface area contributed by atoms with Gasteiger partial charge in [0.1, 0.15) is 0 Å². The zero-order valence-electron chi connectivity index (χ0n) is 9.56. The SMILES string of the molecule is [CH2]c1ccc2ccccc2c1-c1ccccc1. The fourth-order valence-corrected chi connectivity index (χ4v) is 2.26. The molecular weight excluding hydrogens is 204 g/mol. The molecule has 0 amide bonds. The summed E-state index contributed by atoms with van der Waals surface area (Å²) in [6.45, 7) is 4.15. The Balaban J connectivity index is 2.39. The summed E-state index contributed by atoms with van der Waals surface area (Å²) >= 11 is 0. The van der Waals surface area contributed by atoms with E-state index in [1.54, 1.807) is 0 Å². The average Bonchev–Trinajstić information content (AvgIpc) is 2.39. The summed E-state index contributed by atoms with van der Waals surface area (Å²) in [4.78, 5) is 0. The average molecular weight is 217 g/mol. The van der Waals surface area contributed by atoms with Gasteiger partial charge in [-0.3, -0.25) is 0 Å². The Bertz CT molecular complexity index is 651. The molecule has 0 aliphatic heterocycles. The van der Waals surface area contributed by atoms with E-state index in [0.29, 0.717) is 0 Å². The molecule has 3 aromatic carbocycles. The topological polar surface area (TPSA) is 0 Å². The van der Waals surface area contributed by atoms with Crippen molar-refractivity contribution in [2.24, 2.45) is 0 Å². The molecule has 0 saturated carbocycles. The number of benzene rings is 3. The van der Waals surface area contributed by atoms with Crippen LogP contribution in [0.1, 0.15) is 5.56 Å². The fourth-order valence-electron chi connectivity index (χ4n) is 2.26. The van der Waals surface area contributed by atoms with Crippen LogP contribution in [0, 0.1) is 6.92 Å². The number of rotatable bonds is 1. The van der Waals surface area contributed by atoms with Crippen LogP contribution in [-0.2, 0) is 0 Å². The number of hydrogen-bond donors (Lipinski definition) is 0. The lowest BCUT2D eigenvalue weighted by atomic mass is 9.94. The van der Waals surface area contributed by atoms with Crippen LogP contribution < -0.4 is 0 Å². The van der Waals surface area contributed by atoms with Crippen molar-refractivity contribution in [3.63, 3.8) is 0 Å². The highest BCUT2D eigenvalue weighted by atomic mass is 14.1. The maximum Gasteiger partial charge on any atom is -0.00732 e. The lowest BCUT2D eigenvalue weighted by molar-refractivity contribution is 1.60. The highest BCUT2D eigenvalue weighted by molar-refractivity contribution is 5.98. The smallest absolute Gasteiger partial charge is 0.00732 e. The van der Waals surface area contributed by atoms with Gasteiger partial charge in [0.25, 0.3) is 0 Å². The van der Waals surface area contributed by atoms with Crippen molar-refractivity contribution in [3.8, 4) is 11.1 Å². The Morgan fingerprint density at radius 1 is 0.647 bits per heavy atom. The van der Waals surface area contributed by atoms with E-state index in [1.807, 2.05) is 6.07 Å². The Kier molecular flexibility index (Phi) is 2.41. The second kappa shape index (κ2) is 4.06. The predicted octanol–water partition coefficient (Wildman–Crippen LogP) is 4.69. The van der Waals surface area contributed by atoms with E-state index >= 15 is 0 Å². The Morgan fingerprint density at radius 2 is 1.35 bits per heavy atom. The van der Waals surface area contributed by atoms with Gasteiger partial charge in [-0.25, -0.2) is 0 Å². The molecule has 0 aromatic heterocycles. The first-order chi connectivity index (χ1) is 8.36. The number of hydrogen-bond acceptors (Lipinski definition) is 0. The van der Waals surface area contributed by atoms with Gasteiger partial charge >= 0.3 is 0 Å². The van der Waals surface area contributed by atoms with Gasteiger partial charge in [0.2, 0.25) is 0 Å². The van der Waals surface area contributed by atoms with E-state index in [2.05, 4.69) is 67.6 Å². The molecule has 0 heterocycles. The minimum absolute atomic E-state index is 1.08. The van der Waals surface area contributed by atoms with Crippen molar-refractivity contribution < 1.29 is 0 Å². The largest absolute Gasteiger partial charge is 0.0622 e. The molecule has 0 saturated heterocycles. The van der Waals surface area contributed by atoms with E-state index < -0.39 is 0 Å². The molecule has 0 bridgehead atoms. The highest BCUT2D eigenvalue weighted by Crippen LogP contribution is 2.31. The van der Waals surface area contributed by atoms with Crippen LogP contribution in [0.4, 0.5) is 0 Å². The van der Waals surface area contributed by atoms with Crippen LogP contribution in [0.15, 0.2) is 66.7 Å². The molecule has 3 rings (SSSR count). The number of fused-ring (bicyclic) bond motifs is 1. The van der Waals surface area contributed by atoms with Crippen molar-refractivity contribution in [1.82, 2.24) is 0 Å². The first-order valence-corrected chi connectivity index (χ1v) is 5.75. The predicted molar refractivity (Wildman–Crippen MR) is 73.8 cm³/mol. The van der Waals surface area contributed by atoms with Crippen molar-refractivity contribution in [3.05, 3.63) is 79.2 Å². The zero-order chi connectivity index (χ0) is 11.7. The van der Waals surface area contributed by atoms with Gasteiger partial charge in [-0.05, 0) is 34.4 Å². The lowest BCUT2D eigenvalue weighted by Crippen LogP contribution is -1.85. The highest BCUT2D eigenvalue weighted by Gasteiger charge is 2.05. The van der Waals surface area contributed by atoms with Crippen molar-refractivity contribution in [2.75, 3.05) is 0 Å². The summed E-state index contributed by atoms with van der Waals surface area (Å²) in [5, 5.41) is 2.53. The van der Waals surface area contributed by atoms with E-state index in [1.165, 1.54) is 21.9 Å². The first kappa shape index (κ1) is 10.1. The molecule has 0 unspecified atom stereocenters. The Morgan fingerprint density at radius 3 is 2.18 bits per heavy atom. The monoisotopic (exact) mass is 217 g/mol. The molecule has 0 heteroatoms. The molecule has 0 N–H and O–H groups in total. The van der Waals surface area contributed by atoms with Crippen LogP contribution in [0.25, 0.3) is 21.9 Å². The van der Waals surface area contributed by atoms with Crippen LogP contribution in [0.2, 0.25) is 0 Å². The third-order valence-electron chi connectivity index (χ3n) is 3.08. The summed E-state index contributed by atoms with van der Waals surface area (Å²) in [5.74, 6) is 0. The molecule has 0 atom stereocenters. The van der Waals surface area contributed by atoms with E-state index in [9.17, 15) is 0 Å². The van der Waals surface area contributed by atoms with E-state index in [0.717, 1.165) is 5.56 Å². The van der Waals surface area contributed by atoms with Crippen molar-refractivity contribution >= 4 is 10.8 Å².